The Morgan fingerprint density at radius 2 is 2.00 bits per heavy atom. The van der Waals surface area contributed by atoms with Crippen LogP contribution in [0.3, 0.4) is 0 Å². The minimum absolute atomic E-state index is 0.192. The van der Waals surface area contributed by atoms with Crippen molar-refractivity contribution in [1.82, 2.24) is 15.5 Å². The van der Waals surface area contributed by atoms with Crippen LogP contribution in [0.25, 0.3) is 0 Å². The van der Waals surface area contributed by atoms with E-state index < -0.39 is 0 Å². The van der Waals surface area contributed by atoms with Gasteiger partial charge in [-0.2, -0.15) is 0 Å². The number of guanidine groups is 1. The number of benzene rings is 1. The molecule has 2 N–H and O–H groups in total. The second-order valence-electron chi connectivity index (χ2n) is 5.64. The molecule has 0 unspecified atom stereocenters. The molecule has 0 saturated carbocycles. The maximum absolute atomic E-state index is 12.9. The number of ether oxygens (including phenoxy) is 1. The van der Waals surface area contributed by atoms with Gasteiger partial charge in [-0.15, -0.1) is 11.8 Å². The molecule has 0 radical (unpaired) electrons. The van der Waals surface area contributed by atoms with Gasteiger partial charge in [0.25, 0.3) is 0 Å². The smallest absolute Gasteiger partial charge is 0.191 e. The molecule has 142 valence electrons. The van der Waals surface area contributed by atoms with E-state index in [9.17, 15) is 4.39 Å². The van der Waals surface area contributed by atoms with Crippen molar-refractivity contribution in [3.8, 4) is 0 Å². The lowest BCUT2D eigenvalue weighted by atomic mass is 10.4. The highest BCUT2D eigenvalue weighted by Gasteiger charge is 2.00. The number of hydrogen-bond acceptors (Lipinski definition) is 4. The van der Waals surface area contributed by atoms with Crippen molar-refractivity contribution < 1.29 is 9.13 Å². The molecule has 5 nitrogen and oxygen atoms in total. The van der Waals surface area contributed by atoms with Crippen LogP contribution in [0.15, 0.2) is 34.2 Å². The zero-order valence-corrected chi connectivity index (χ0v) is 16.4. The van der Waals surface area contributed by atoms with E-state index in [2.05, 4.69) is 34.5 Å². The predicted octanol–water partition coefficient (Wildman–Crippen LogP) is 2.44. The summed E-state index contributed by atoms with van der Waals surface area (Å²) < 4.78 is 17.9. The third-order valence-electron chi connectivity index (χ3n) is 3.46. The highest BCUT2D eigenvalue weighted by molar-refractivity contribution is 7.99. The first-order valence-electron chi connectivity index (χ1n) is 8.73. The molecule has 0 aliphatic rings. The van der Waals surface area contributed by atoms with Crippen LogP contribution in [0.2, 0.25) is 0 Å². The molecule has 1 aromatic rings. The zero-order chi connectivity index (χ0) is 18.3. The van der Waals surface area contributed by atoms with Crippen molar-refractivity contribution in [2.45, 2.75) is 18.2 Å². The Hall–Kier alpha value is -1.31. The standard InChI is InChI=1S/C18H31FN4OS/c1-4-20-18(22-11-12-23(2)13-14-24-3)21-10-5-15-25-17-8-6-16(19)7-9-17/h6-9H,4-5,10-15H2,1-3H3,(H2,20,21,22). The number of halogens is 1. The van der Waals surface area contributed by atoms with Gasteiger partial charge in [0.05, 0.1) is 6.61 Å². The molecule has 0 saturated heterocycles. The summed E-state index contributed by atoms with van der Waals surface area (Å²) >= 11 is 1.73. The SMILES string of the molecule is CCNC(=NCCCSc1ccc(F)cc1)NCCN(C)CCOC. The van der Waals surface area contributed by atoms with Crippen molar-refractivity contribution >= 4 is 17.7 Å². The highest BCUT2D eigenvalue weighted by atomic mass is 32.2. The van der Waals surface area contributed by atoms with Gasteiger partial charge >= 0.3 is 0 Å². The maximum atomic E-state index is 12.9. The van der Waals surface area contributed by atoms with Crippen LogP contribution in [0, 0.1) is 5.82 Å². The van der Waals surface area contributed by atoms with Gasteiger partial charge < -0.3 is 20.3 Å². The molecule has 0 aromatic heterocycles. The summed E-state index contributed by atoms with van der Waals surface area (Å²) in [4.78, 5) is 7.91. The van der Waals surface area contributed by atoms with Gasteiger partial charge in [0.2, 0.25) is 0 Å². The quantitative estimate of drug-likeness (QED) is 0.256. The van der Waals surface area contributed by atoms with Crippen molar-refractivity contribution in [2.24, 2.45) is 4.99 Å². The van der Waals surface area contributed by atoms with Gasteiger partial charge in [-0.1, -0.05) is 0 Å². The predicted molar refractivity (Wildman–Crippen MR) is 105 cm³/mol. The second-order valence-corrected chi connectivity index (χ2v) is 6.81. The molecule has 0 aliphatic carbocycles. The van der Waals surface area contributed by atoms with E-state index in [0.29, 0.717) is 0 Å². The minimum Gasteiger partial charge on any atom is -0.383 e. The molecule has 0 fully saturated rings. The number of rotatable bonds is 12. The largest absolute Gasteiger partial charge is 0.383 e. The molecule has 0 aliphatic heterocycles. The summed E-state index contributed by atoms with van der Waals surface area (Å²) in [6.07, 6.45) is 0.979. The van der Waals surface area contributed by atoms with E-state index in [1.807, 2.05) is 12.1 Å². The first-order valence-corrected chi connectivity index (χ1v) is 9.72. The van der Waals surface area contributed by atoms with Crippen LogP contribution in [-0.4, -0.2) is 70.1 Å². The average Bonchev–Trinajstić information content (AvgIpc) is 2.61. The third kappa shape index (κ3) is 11.0. The number of nitrogens with one attached hydrogen (secondary N) is 2. The second kappa shape index (κ2) is 13.9. The minimum atomic E-state index is -0.192. The van der Waals surface area contributed by atoms with E-state index in [1.54, 1.807) is 18.9 Å². The molecule has 1 rings (SSSR count). The Morgan fingerprint density at radius 1 is 1.24 bits per heavy atom. The van der Waals surface area contributed by atoms with Crippen molar-refractivity contribution in [3.63, 3.8) is 0 Å². The topological polar surface area (TPSA) is 48.9 Å². The number of aliphatic imine (C=N–C) groups is 1. The number of likely N-dealkylation sites (N-methyl/N-ethyl adjacent to an activating group) is 1. The summed E-state index contributed by atoms with van der Waals surface area (Å²) in [6, 6.07) is 6.62. The molecule has 7 heteroatoms. The lowest BCUT2D eigenvalue weighted by Crippen LogP contribution is -2.41. The molecule has 0 spiro atoms. The number of methoxy groups -OCH3 is 1. The van der Waals surface area contributed by atoms with Gasteiger partial charge in [-0.25, -0.2) is 4.39 Å². The number of nitrogens with zero attached hydrogens (tertiary/aromatic N) is 2. The van der Waals surface area contributed by atoms with Gasteiger partial charge in [0.1, 0.15) is 5.82 Å². The Bertz CT molecular complexity index is 484. The van der Waals surface area contributed by atoms with E-state index in [1.165, 1.54) is 12.1 Å². The van der Waals surface area contributed by atoms with Crippen LogP contribution in [0.1, 0.15) is 13.3 Å². The fraction of sp³-hybridized carbons (Fsp3) is 0.611. The Balaban J connectivity index is 2.21. The van der Waals surface area contributed by atoms with Crippen LogP contribution in [0.4, 0.5) is 4.39 Å². The average molecular weight is 371 g/mol. The lowest BCUT2D eigenvalue weighted by molar-refractivity contribution is 0.162. The first kappa shape index (κ1) is 21.7. The summed E-state index contributed by atoms with van der Waals surface area (Å²) in [5.74, 6) is 1.63. The van der Waals surface area contributed by atoms with Crippen LogP contribution in [-0.2, 0) is 4.74 Å². The Labute approximate surface area is 155 Å². The molecule has 0 bridgehead atoms. The zero-order valence-electron chi connectivity index (χ0n) is 15.6. The van der Waals surface area contributed by atoms with Gasteiger partial charge in [0, 0.05) is 44.7 Å². The Morgan fingerprint density at radius 3 is 2.68 bits per heavy atom. The van der Waals surface area contributed by atoms with Gasteiger partial charge in [-0.05, 0) is 50.4 Å². The summed E-state index contributed by atoms with van der Waals surface area (Å²) in [7, 11) is 3.80. The van der Waals surface area contributed by atoms with Crippen molar-refractivity contribution in [2.75, 3.05) is 59.2 Å². The molecule has 0 atom stereocenters. The summed E-state index contributed by atoms with van der Waals surface area (Å²) in [5, 5.41) is 6.61. The highest BCUT2D eigenvalue weighted by Crippen LogP contribution is 2.18. The molecule has 25 heavy (non-hydrogen) atoms. The monoisotopic (exact) mass is 370 g/mol. The third-order valence-corrected chi connectivity index (χ3v) is 4.56. The van der Waals surface area contributed by atoms with Crippen molar-refractivity contribution in [3.05, 3.63) is 30.1 Å². The molecule has 1 aromatic carbocycles. The van der Waals surface area contributed by atoms with Crippen molar-refractivity contribution in [1.29, 1.82) is 0 Å². The number of thioether (sulfide) groups is 1. The molecule has 0 heterocycles. The first-order chi connectivity index (χ1) is 12.2. The molecular weight excluding hydrogens is 339 g/mol. The molecular formula is C18H31FN4OS. The fourth-order valence-electron chi connectivity index (χ4n) is 2.04. The normalized spacial score (nSPS) is 11.8. The summed E-state index contributed by atoms with van der Waals surface area (Å²) in [5.41, 5.74) is 0. The van der Waals surface area contributed by atoms with Crippen LogP contribution < -0.4 is 10.6 Å². The van der Waals surface area contributed by atoms with Gasteiger partial charge in [-0.3, -0.25) is 4.99 Å². The fourth-order valence-corrected chi connectivity index (χ4v) is 2.88. The van der Waals surface area contributed by atoms with E-state index >= 15 is 0 Å². The Kier molecular flexibility index (Phi) is 12.1. The summed E-state index contributed by atoms with van der Waals surface area (Å²) in [6.45, 7) is 7.12. The van der Waals surface area contributed by atoms with Crippen LogP contribution in [0.5, 0.6) is 0 Å². The van der Waals surface area contributed by atoms with Crippen LogP contribution >= 0.6 is 11.8 Å². The van der Waals surface area contributed by atoms with E-state index in [4.69, 9.17) is 4.74 Å². The lowest BCUT2D eigenvalue weighted by Gasteiger charge is -2.17. The maximum Gasteiger partial charge on any atom is 0.191 e. The van der Waals surface area contributed by atoms with E-state index in [0.717, 1.165) is 62.4 Å². The number of hydrogen-bond donors (Lipinski definition) is 2. The van der Waals surface area contributed by atoms with E-state index in [-0.39, 0.29) is 5.82 Å². The molecule has 0 amide bonds. The van der Waals surface area contributed by atoms with Gasteiger partial charge in [0.15, 0.2) is 5.96 Å².